The van der Waals surface area contributed by atoms with Crippen LogP contribution in [0.4, 0.5) is 5.82 Å². The minimum Gasteiger partial charge on any atom is -0.310 e. The number of fused-ring (bicyclic) bond motifs is 1. The molecule has 2 aromatic heterocycles. The standard InChI is InChI=1S/C17H16ClN5OS/c1-9-14-16(25-8-13(24)20-17(14)23(2)22-9)12-7-19-21-15(12)10-3-5-11(18)6-4-10/h3-7,16H,8H2,1-2H3,(H,19,21)(H,20,24)/t16-/m1/s1. The SMILES string of the molecule is Cc1nn(C)c2c1[C@@H](c1cn[nH]c1-c1ccc(Cl)cc1)SCC(=O)N2. The molecule has 0 radical (unpaired) electrons. The Morgan fingerprint density at radius 2 is 2.08 bits per heavy atom. The number of aryl methyl sites for hydroxylation is 2. The van der Waals surface area contributed by atoms with E-state index in [0.717, 1.165) is 33.9 Å². The molecule has 2 N–H and O–H groups in total. The van der Waals surface area contributed by atoms with Gasteiger partial charge in [-0.15, -0.1) is 11.8 Å². The van der Waals surface area contributed by atoms with Crippen LogP contribution in [0.2, 0.25) is 5.02 Å². The van der Waals surface area contributed by atoms with Crippen molar-refractivity contribution in [2.75, 3.05) is 11.1 Å². The van der Waals surface area contributed by atoms with E-state index >= 15 is 0 Å². The second-order valence-electron chi connectivity index (χ2n) is 5.92. The number of hydrogen-bond donors (Lipinski definition) is 2. The van der Waals surface area contributed by atoms with Crippen LogP contribution in [0.3, 0.4) is 0 Å². The molecule has 8 heteroatoms. The number of carbonyl (C=O) groups excluding carboxylic acids is 1. The summed E-state index contributed by atoms with van der Waals surface area (Å²) in [5.41, 5.74) is 4.89. The van der Waals surface area contributed by atoms with E-state index in [1.807, 2.05) is 44.4 Å². The van der Waals surface area contributed by atoms with Crippen molar-refractivity contribution in [1.29, 1.82) is 0 Å². The molecule has 1 aromatic carbocycles. The number of carbonyl (C=O) groups is 1. The number of benzene rings is 1. The zero-order valence-electron chi connectivity index (χ0n) is 13.7. The van der Waals surface area contributed by atoms with Crippen LogP contribution in [-0.2, 0) is 11.8 Å². The van der Waals surface area contributed by atoms with Gasteiger partial charge in [0.25, 0.3) is 0 Å². The van der Waals surface area contributed by atoms with E-state index in [9.17, 15) is 4.79 Å². The van der Waals surface area contributed by atoms with Gasteiger partial charge < -0.3 is 5.32 Å². The molecule has 0 saturated heterocycles. The maximum atomic E-state index is 12.1. The summed E-state index contributed by atoms with van der Waals surface area (Å²) in [6, 6.07) is 7.63. The molecular formula is C17H16ClN5OS. The smallest absolute Gasteiger partial charge is 0.235 e. The van der Waals surface area contributed by atoms with Gasteiger partial charge in [-0.05, 0) is 24.6 Å². The number of rotatable bonds is 2. The predicted molar refractivity (Wildman–Crippen MR) is 99.9 cm³/mol. The molecule has 1 atom stereocenters. The topological polar surface area (TPSA) is 75.6 Å². The van der Waals surface area contributed by atoms with E-state index in [1.54, 1.807) is 16.4 Å². The molecule has 1 amide bonds. The lowest BCUT2D eigenvalue weighted by atomic mass is 10.0. The zero-order valence-corrected chi connectivity index (χ0v) is 15.3. The molecule has 3 heterocycles. The van der Waals surface area contributed by atoms with Gasteiger partial charge in [0, 0.05) is 23.2 Å². The first kappa shape index (κ1) is 16.2. The number of thioether (sulfide) groups is 1. The number of aromatic amines is 1. The number of nitrogens with one attached hydrogen (secondary N) is 2. The highest BCUT2D eigenvalue weighted by Crippen LogP contribution is 2.45. The monoisotopic (exact) mass is 373 g/mol. The van der Waals surface area contributed by atoms with E-state index in [1.165, 1.54) is 0 Å². The van der Waals surface area contributed by atoms with Crippen LogP contribution < -0.4 is 5.32 Å². The lowest BCUT2D eigenvalue weighted by Gasteiger charge is -2.15. The van der Waals surface area contributed by atoms with Crippen LogP contribution in [0.1, 0.15) is 22.1 Å². The van der Waals surface area contributed by atoms with Crippen molar-refractivity contribution in [1.82, 2.24) is 20.0 Å². The first-order valence-electron chi connectivity index (χ1n) is 7.78. The molecule has 128 valence electrons. The van der Waals surface area contributed by atoms with Gasteiger partial charge in [-0.1, -0.05) is 23.7 Å². The van der Waals surface area contributed by atoms with E-state index in [0.29, 0.717) is 10.8 Å². The summed E-state index contributed by atoms with van der Waals surface area (Å²) in [4.78, 5) is 12.1. The molecule has 0 aliphatic carbocycles. The van der Waals surface area contributed by atoms with Crippen molar-refractivity contribution < 1.29 is 4.79 Å². The molecule has 3 aromatic rings. The van der Waals surface area contributed by atoms with Gasteiger partial charge in [0.1, 0.15) is 5.82 Å². The summed E-state index contributed by atoms with van der Waals surface area (Å²) >= 11 is 7.58. The van der Waals surface area contributed by atoms with Gasteiger partial charge in [-0.3, -0.25) is 14.6 Å². The maximum absolute atomic E-state index is 12.1. The zero-order chi connectivity index (χ0) is 17.6. The van der Waals surface area contributed by atoms with Crippen molar-refractivity contribution in [3.63, 3.8) is 0 Å². The van der Waals surface area contributed by atoms with E-state index in [-0.39, 0.29) is 11.2 Å². The summed E-state index contributed by atoms with van der Waals surface area (Å²) in [5, 5.41) is 15.4. The third kappa shape index (κ3) is 2.83. The van der Waals surface area contributed by atoms with Gasteiger partial charge >= 0.3 is 0 Å². The highest BCUT2D eigenvalue weighted by atomic mass is 35.5. The second-order valence-corrected chi connectivity index (χ2v) is 7.45. The lowest BCUT2D eigenvalue weighted by molar-refractivity contribution is -0.113. The molecule has 0 unspecified atom stereocenters. The maximum Gasteiger partial charge on any atom is 0.235 e. The Hall–Kier alpha value is -2.25. The van der Waals surface area contributed by atoms with Crippen molar-refractivity contribution in [2.24, 2.45) is 7.05 Å². The van der Waals surface area contributed by atoms with E-state index in [2.05, 4.69) is 20.6 Å². The molecular weight excluding hydrogens is 358 g/mol. The number of H-pyrrole nitrogens is 1. The fraction of sp³-hybridized carbons (Fsp3) is 0.235. The molecule has 1 aliphatic heterocycles. The summed E-state index contributed by atoms with van der Waals surface area (Å²) < 4.78 is 1.73. The van der Waals surface area contributed by atoms with Gasteiger partial charge in [0.2, 0.25) is 5.91 Å². The van der Waals surface area contributed by atoms with E-state index < -0.39 is 0 Å². The number of halogens is 1. The Balaban J connectivity index is 1.85. The quantitative estimate of drug-likeness (QED) is 0.720. The van der Waals surface area contributed by atoms with Crippen LogP contribution in [-0.4, -0.2) is 31.6 Å². The summed E-state index contributed by atoms with van der Waals surface area (Å²) in [6.45, 7) is 1.96. The molecule has 0 saturated carbocycles. The van der Waals surface area contributed by atoms with Crippen LogP contribution in [0.15, 0.2) is 30.5 Å². The lowest BCUT2D eigenvalue weighted by Crippen LogP contribution is -2.15. The first-order valence-corrected chi connectivity index (χ1v) is 9.21. The fourth-order valence-corrected chi connectivity index (χ4v) is 4.46. The average molecular weight is 374 g/mol. The molecule has 0 fully saturated rings. The van der Waals surface area contributed by atoms with Crippen molar-refractivity contribution in [2.45, 2.75) is 12.2 Å². The third-order valence-corrected chi connectivity index (χ3v) is 5.76. The van der Waals surface area contributed by atoms with E-state index in [4.69, 9.17) is 11.6 Å². The Labute approximate surface area is 154 Å². The number of hydrogen-bond acceptors (Lipinski definition) is 4. The number of amides is 1. The van der Waals surface area contributed by atoms with Crippen molar-refractivity contribution in [3.8, 4) is 11.3 Å². The highest BCUT2D eigenvalue weighted by Gasteiger charge is 2.31. The number of anilines is 1. The summed E-state index contributed by atoms with van der Waals surface area (Å²) in [5.74, 6) is 1.11. The van der Waals surface area contributed by atoms with Crippen LogP contribution in [0.25, 0.3) is 11.3 Å². The minimum atomic E-state index is -0.0351. The third-order valence-electron chi connectivity index (χ3n) is 4.25. The van der Waals surface area contributed by atoms with Gasteiger partial charge in [-0.25, -0.2) is 0 Å². The van der Waals surface area contributed by atoms with Crippen LogP contribution in [0.5, 0.6) is 0 Å². The Bertz CT molecular complexity index is 947. The average Bonchev–Trinajstić information content (AvgIpc) is 3.10. The van der Waals surface area contributed by atoms with Crippen molar-refractivity contribution >= 4 is 35.1 Å². The number of nitrogens with zero attached hydrogens (tertiary/aromatic N) is 3. The van der Waals surface area contributed by atoms with Gasteiger partial charge in [0.05, 0.1) is 28.6 Å². The molecule has 0 spiro atoms. The normalized spacial score (nSPS) is 17.1. The molecule has 0 bridgehead atoms. The molecule has 4 rings (SSSR count). The van der Waals surface area contributed by atoms with Crippen molar-refractivity contribution in [3.05, 3.63) is 52.3 Å². The minimum absolute atomic E-state index is 0.0201. The highest BCUT2D eigenvalue weighted by molar-refractivity contribution is 8.00. The number of aromatic nitrogens is 4. The Morgan fingerprint density at radius 3 is 2.84 bits per heavy atom. The summed E-state index contributed by atoms with van der Waals surface area (Å²) in [6.07, 6.45) is 1.83. The van der Waals surface area contributed by atoms with Crippen LogP contribution >= 0.6 is 23.4 Å². The van der Waals surface area contributed by atoms with Gasteiger partial charge in [0.15, 0.2) is 0 Å². The summed E-state index contributed by atoms with van der Waals surface area (Å²) in [7, 11) is 1.84. The Morgan fingerprint density at radius 1 is 1.32 bits per heavy atom. The first-order chi connectivity index (χ1) is 12.0. The molecule has 6 nitrogen and oxygen atoms in total. The Kier molecular flexibility index (Phi) is 4.05. The van der Waals surface area contributed by atoms with Gasteiger partial charge in [-0.2, -0.15) is 10.2 Å². The molecule has 1 aliphatic rings. The fourth-order valence-electron chi connectivity index (χ4n) is 3.13. The second kappa shape index (κ2) is 6.24. The molecule has 25 heavy (non-hydrogen) atoms. The predicted octanol–water partition coefficient (Wildman–Crippen LogP) is 3.55. The van der Waals surface area contributed by atoms with Crippen LogP contribution in [0, 0.1) is 6.92 Å². The largest absolute Gasteiger partial charge is 0.310 e.